The van der Waals surface area contributed by atoms with Gasteiger partial charge in [0, 0.05) is 22.8 Å². The van der Waals surface area contributed by atoms with Crippen LogP contribution in [0.3, 0.4) is 0 Å². The Bertz CT molecular complexity index is 1310. The van der Waals surface area contributed by atoms with Crippen LogP contribution in [0.1, 0.15) is 38.1 Å². The van der Waals surface area contributed by atoms with Crippen molar-refractivity contribution in [1.82, 2.24) is 9.13 Å². The van der Waals surface area contributed by atoms with Gasteiger partial charge in [0.1, 0.15) is 6.54 Å². The van der Waals surface area contributed by atoms with E-state index in [0.717, 1.165) is 32.1 Å². The Balaban J connectivity index is 1.85. The van der Waals surface area contributed by atoms with Crippen molar-refractivity contribution in [2.45, 2.75) is 44.7 Å². The third-order valence-corrected chi connectivity index (χ3v) is 6.26. The minimum absolute atomic E-state index is 0.196. The van der Waals surface area contributed by atoms with Crippen LogP contribution in [0.4, 0.5) is 5.69 Å². The molecular weight excluding hydrogens is 446 g/mol. The van der Waals surface area contributed by atoms with Crippen LogP contribution in [0, 0.1) is 0 Å². The zero-order valence-corrected chi connectivity index (χ0v) is 19.4. The molecule has 2 aromatic carbocycles. The number of rotatable bonds is 6. The second-order valence-electron chi connectivity index (χ2n) is 8.12. The van der Waals surface area contributed by atoms with Crippen molar-refractivity contribution in [2.24, 2.45) is 0 Å². The van der Waals surface area contributed by atoms with Gasteiger partial charge in [0.05, 0.1) is 25.1 Å². The smallest absolute Gasteiger partial charge is 0.332 e. The summed E-state index contributed by atoms with van der Waals surface area (Å²) in [6.45, 7) is -0.273. The van der Waals surface area contributed by atoms with Crippen LogP contribution in [0.15, 0.2) is 46.0 Å². The molecule has 1 amide bonds. The van der Waals surface area contributed by atoms with Crippen LogP contribution in [-0.4, -0.2) is 29.3 Å². The molecule has 4 rings (SSSR count). The lowest BCUT2D eigenvalue weighted by atomic mass is 9.95. The van der Waals surface area contributed by atoms with Gasteiger partial charge in [0.25, 0.3) is 5.56 Å². The van der Waals surface area contributed by atoms with Gasteiger partial charge in [-0.3, -0.25) is 18.7 Å². The summed E-state index contributed by atoms with van der Waals surface area (Å²) < 4.78 is 13.4. The summed E-state index contributed by atoms with van der Waals surface area (Å²) in [6, 6.07) is 9.70. The number of ether oxygens (including phenoxy) is 2. The maximum atomic E-state index is 13.6. The van der Waals surface area contributed by atoms with E-state index in [4.69, 9.17) is 21.1 Å². The molecule has 1 aliphatic rings. The number of methoxy groups -OCH3 is 2. The lowest BCUT2D eigenvalue weighted by molar-refractivity contribution is -0.116. The zero-order valence-electron chi connectivity index (χ0n) is 18.6. The van der Waals surface area contributed by atoms with Crippen LogP contribution in [0.5, 0.6) is 11.5 Å². The summed E-state index contributed by atoms with van der Waals surface area (Å²) in [6.07, 6.45) is 4.50. The molecule has 0 radical (unpaired) electrons. The Morgan fingerprint density at radius 3 is 2.42 bits per heavy atom. The van der Waals surface area contributed by atoms with E-state index in [1.165, 1.54) is 23.4 Å². The number of carbonyl (C=O) groups is 1. The van der Waals surface area contributed by atoms with Gasteiger partial charge in [-0.2, -0.15) is 0 Å². The molecular formula is C24H26ClN3O5. The van der Waals surface area contributed by atoms with Crippen molar-refractivity contribution in [3.63, 3.8) is 0 Å². The van der Waals surface area contributed by atoms with E-state index < -0.39 is 11.6 Å². The Kier molecular flexibility index (Phi) is 6.74. The first-order valence-electron chi connectivity index (χ1n) is 10.9. The molecule has 1 N–H and O–H groups in total. The minimum atomic E-state index is -0.507. The molecule has 0 bridgehead atoms. The third-order valence-electron chi connectivity index (χ3n) is 6.03. The molecule has 1 aliphatic carbocycles. The molecule has 0 aliphatic heterocycles. The summed E-state index contributed by atoms with van der Waals surface area (Å²) in [5.74, 6) is 0.332. The lowest BCUT2D eigenvalue weighted by Crippen LogP contribution is -2.44. The van der Waals surface area contributed by atoms with Crippen molar-refractivity contribution in [3.8, 4) is 11.5 Å². The molecule has 0 saturated heterocycles. The average molecular weight is 472 g/mol. The maximum Gasteiger partial charge on any atom is 0.332 e. The van der Waals surface area contributed by atoms with Gasteiger partial charge in [-0.15, -0.1) is 0 Å². The SMILES string of the molecule is COc1cc2c(=O)n(C3CCCCC3)c(=O)n(CC(=O)Nc3cccc(Cl)c3)c2cc1OC. The van der Waals surface area contributed by atoms with Crippen molar-refractivity contribution in [3.05, 3.63) is 62.3 Å². The van der Waals surface area contributed by atoms with Crippen molar-refractivity contribution < 1.29 is 14.3 Å². The van der Waals surface area contributed by atoms with Crippen LogP contribution < -0.4 is 26.0 Å². The number of aromatic nitrogens is 2. The van der Waals surface area contributed by atoms with Gasteiger partial charge in [-0.05, 0) is 37.1 Å². The quantitative estimate of drug-likeness (QED) is 0.587. The summed E-state index contributed by atoms with van der Waals surface area (Å²) >= 11 is 6.01. The average Bonchev–Trinajstić information content (AvgIpc) is 2.81. The molecule has 1 fully saturated rings. The lowest BCUT2D eigenvalue weighted by Gasteiger charge is -2.25. The van der Waals surface area contributed by atoms with E-state index >= 15 is 0 Å². The second-order valence-corrected chi connectivity index (χ2v) is 8.56. The monoisotopic (exact) mass is 471 g/mol. The fraction of sp³-hybridized carbons (Fsp3) is 0.375. The van der Waals surface area contributed by atoms with Crippen LogP contribution in [-0.2, 0) is 11.3 Å². The Hall–Kier alpha value is -3.26. The van der Waals surface area contributed by atoms with Crippen LogP contribution >= 0.6 is 11.6 Å². The van der Waals surface area contributed by atoms with Gasteiger partial charge in [0.2, 0.25) is 5.91 Å². The molecule has 0 atom stereocenters. The number of anilines is 1. The van der Waals surface area contributed by atoms with Crippen molar-refractivity contribution >= 4 is 34.1 Å². The van der Waals surface area contributed by atoms with Crippen LogP contribution in [0.2, 0.25) is 5.02 Å². The molecule has 1 aromatic heterocycles. The summed E-state index contributed by atoms with van der Waals surface area (Å²) in [5.41, 5.74) is -0.0529. The Labute approximate surface area is 195 Å². The number of halogens is 1. The first kappa shape index (κ1) is 22.9. The molecule has 0 spiro atoms. The Morgan fingerprint density at radius 2 is 1.76 bits per heavy atom. The Morgan fingerprint density at radius 1 is 1.06 bits per heavy atom. The highest BCUT2D eigenvalue weighted by Gasteiger charge is 2.24. The number of nitrogens with zero attached hydrogens (tertiary/aromatic N) is 2. The number of hydrogen-bond acceptors (Lipinski definition) is 5. The van der Waals surface area contributed by atoms with Gasteiger partial charge in [-0.1, -0.05) is 36.9 Å². The molecule has 0 unspecified atom stereocenters. The molecule has 9 heteroatoms. The summed E-state index contributed by atoms with van der Waals surface area (Å²) in [7, 11) is 2.96. The summed E-state index contributed by atoms with van der Waals surface area (Å²) in [5, 5.41) is 3.55. The van der Waals surface area contributed by atoms with Crippen LogP contribution in [0.25, 0.3) is 10.9 Å². The van der Waals surface area contributed by atoms with E-state index in [1.54, 1.807) is 36.4 Å². The highest BCUT2D eigenvalue weighted by molar-refractivity contribution is 6.30. The summed E-state index contributed by atoms with van der Waals surface area (Å²) in [4.78, 5) is 39.9. The van der Waals surface area contributed by atoms with Crippen molar-refractivity contribution in [2.75, 3.05) is 19.5 Å². The van der Waals surface area contributed by atoms with Crippen molar-refractivity contribution in [1.29, 1.82) is 0 Å². The fourth-order valence-electron chi connectivity index (χ4n) is 4.44. The third kappa shape index (κ3) is 4.61. The minimum Gasteiger partial charge on any atom is -0.493 e. The number of carbonyl (C=O) groups excluding carboxylic acids is 1. The van der Waals surface area contributed by atoms with E-state index in [0.29, 0.717) is 33.1 Å². The standard InChI is InChI=1S/C24H26ClN3O5/c1-32-20-12-18-19(13-21(20)33-2)27(14-22(29)26-16-8-6-7-15(25)11-16)24(31)28(23(18)30)17-9-4-3-5-10-17/h6-8,11-13,17H,3-5,9-10,14H2,1-2H3,(H,26,29). The molecule has 1 heterocycles. The molecule has 8 nitrogen and oxygen atoms in total. The number of amides is 1. The topological polar surface area (TPSA) is 91.6 Å². The number of benzene rings is 2. The van der Waals surface area contributed by atoms with Gasteiger partial charge < -0.3 is 14.8 Å². The normalized spacial score (nSPS) is 14.3. The van der Waals surface area contributed by atoms with E-state index in [1.807, 2.05) is 0 Å². The zero-order chi connectivity index (χ0) is 23.5. The highest BCUT2D eigenvalue weighted by atomic mass is 35.5. The maximum absolute atomic E-state index is 13.6. The number of hydrogen-bond donors (Lipinski definition) is 1. The highest BCUT2D eigenvalue weighted by Crippen LogP contribution is 2.31. The largest absolute Gasteiger partial charge is 0.493 e. The molecule has 3 aromatic rings. The number of fused-ring (bicyclic) bond motifs is 1. The predicted molar refractivity (Wildman–Crippen MR) is 128 cm³/mol. The second kappa shape index (κ2) is 9.70. The van der Waals surface area contributed by atoms with Gasteiger partial charge in [-0.25, -0.2) is 4.79 Å². The van der Waals surface area contributed by atoms with E-state index in [9.17, 15) is 14.4 Å². The predicted octanol–water partition coefficient (Wildman–Crippen LogP) is 3.98. The fourth-order valence-corrected chi connectivity index (χ4v) is 4.63. The van der Waals surface area contributed by atoms with E-state index in [2.05, 4.69) is 5.32 Å². The van der Waals surface area contributed by atoms with Gasteiger partial charge in [0.15, 0.2) is 11.5 Å². The first-order chi connectivity index (χ1) is 15.9. The first-order valence-corrected chi connectivity index (χ1v) is 11.3. The van der Waals surface area contributed by atoms with E-state index in [-0.39, 0.29) is 18.1 Å². The number of nitrogens with one attached hydrogen (secondary N) is 1. The van der Waals surface area contributed by atoms with Gasteiger partial charge >= 0.3 is 5.69 Å². The molecule has 1 saturated carbocycles. The molecule has 174 valence electrons. The molecule has 33 heavy (non-hydrogen) atoms.